The van der Waals surface area contributed by atoms with Gasteiger partial charge in [0.05, 0.1) is 14.2 Å². The van der Waals surface area contributed by atoms with Gasteiger partial charge in [-0.15, -0.1) is 0 Å². The van der Waals surface area contributed by atoms with E-state index in [-0.39, 0.29) is 11.9 Å². The zero-order valence-corrected chi connectivity index (χ0v) is 12.9. The maximum Gasteiger partial charge on any atom is 0.161 e. The fourth-order valence-electron chi connectivity index (χ4n) is 2.82. The molecule has 0 amide bonds. The van der Waals surface area contributed by atoms with E-state index in [9.17, 15) is 4.79 Å². The number of ketones is 1. The predicted molar refractivity (Wildman–Crippen MR) is 83.6 cm³/mol. The van der Waals surface area contributed by atoms with Gasteiger partial charge in [0.1, 0.15) is 17.6 Å². The highest BCUT2D eigenvalue weighted by Gasteiger charge is 2.28. The van der Waals surface area contributed by atoms with Gasteiger partial charge in [0.25, 0.3) is 0 Å². The molecule has 0 aliphatic carbocycles. The summed E-state index contributed by atoms with van der Waals surface area (Å²) in [6.45, 7) is 1.57. The summed E-state index contributed by atoms with van der Waals surface area (Å²) < 4.78 is 16.8. The van der Waals surface area contributed by atoms with Crippen molar-refractivity contribution in [3.8, 4) is 28.4 Å². The maximum atomic E-state index is 11.6. The monoisotopic (exact) mass is 298 g/mol. The number of hydrogen-bond donors (Lipinski definition) is 0. The molecule has 2 aromatic carbocycles. The lowest BCUT2D eigenvalue weighted by atomic mass is 9.90. The minimum atomic E-state index is -0.304. The third-order valence-corrected chi connectivity index (χ3v) is 3.82. The number of rotatable bonds is 4. The Labute approximate surface area is 129 Å². The Morgan fingerprint density at radius 2 is 1.77 bits per heavy atom. The van der Waals surface area contributed by atoms with Crippen molar-refractivity contribution in [3.05, 3.63) is 42.0 Å². The van der Waals surface area contributed by atoms with E-state index < -0.39 is 0 Å². The number of Topliss-reactive ketones (excluding diaryl/α,β-unsaturated/α-hetero) is 1. The van der Waals surface area contributed by atoms with Crippen molar-refractivity contribution in [1.29, 1.82) is 0 Å². The van der Waals surface area contributed by atoms with E-state index in [1.807, 2.05) is 36.4 Å². The Morgan fingerprint density at radius 3 is 2.45 bits per heavy atom. The van der Waals surface area contributed by atoms with Crippen molar-refractivity contribution in [2.24, 2.45) is 0 Å². The number of carbonyl (C=O) groups is 1. The lowest BCUT2D eigenvalue weighted by molar-refractivity contribution is -0.118. The number of fused-ring (bicyclic) bond motifs is 3. The number of para-hydroxylation sites is 1. The van der Waals surface area contributed by atoms with Crippen molar-refractivity contribution in [3.63, 3.8) is 0 Å². The molecule has 0 bridgehead atoms. The van der Waals surface area contributed by atoms with Crippen LogP contribution in [0.15, 0.2) is 36.4 Å². The molecule has 0 N–H and O–H groups in total. The Kier molecular flexibility index (Phi) is 3.75. The number of carbonyl (C=O) groups excluding carboxylic acids is 1. The van der Waals surface area contributed by atoms with E-state index in [1.165, 1.54) is 0 Å². The van der Waals surface area contributed by atoms with Crippen LogP contribution in [0, 0.1) is 0 Å². The van der Waals surface area contributed by atoms with Gasteiger partial charge in [0.15, 0.2) is 11.5 Å². The van der Waals surface area contributed by atoms with E-state index in [1.54, 1.807) is 21.1 Å². The van der Waals surface area contributed by atoms with Crippen LogP contribution in [0.3, 0.4) is 0 Å². The first-order valence-electron chi connectivity index (χ1n) is 7.15. The number of hydrogen-bond acceptors (Lipinski definition) is 4. The van der Waals surface area contributed by atoms with Crippen LogP contribution in [-0.4, -0.2) is 20.0 Å². The van der Waals surface area contributed by atoms with Crippen LogP contribution in [0.25, 0.3) is 11.1 Å². The SMILES string of the molecule is COc1cc2c(cc1OC)C(CC(C)=O)Oc1ccccc1-2. The fourth-order valence-corrected chi connectivity index (χ4v) is 2.82. The molecule has 1 aliphatic heterocycles. The molecule has 1 unspecified atom stereocenters. The van der Waals surface area contributed by atoms with Gasteiger partial charge in [-0.3, -0.25) is 4.79 Å². The molecule has 1 atom stereocenters. The standard InChI is InChI=1S/C18H18O4/c1-11(19)8-16-14-10-18(21-3)17(20-2)9-13(14)12-6-4-5-7-15(12)22-16/h4-7,9-10,16H,8H2,1-3H3. The highest BCUT2D eigenvalue weighted by molar-refractivity contribution is 5.81. The third-order valence-electron chi connectivity index (χ3n) is 3.82. The second-order valence-corrected chi connectivity index (χ2v) is 5.30. The highest BCUT2D eigenvalue weighted by atomic mass is 16.5. The summed E-state index contributed by atoms with van der Waals surface area (Å²) in [6.07, 6.45) is 0.0267. The summed E-state index contributed by atoms with van der Waals surface area (Å²) in [5.41, 5.74) is 2.97. The molecule has 4 heteroatoms. The number of methoxy groups -OCH3 is 2. The quantitative estimate of drug-likeness (QED) is 0.861. The summed E-state index contributed by atoms with van der Waals surface area (Å²) in [5.74, 6) is 2.18. The molecule has 1 heterocycles. The summed E-state index contributed by atoms with van der Waals surface area (Å²) >= 11 is 0. The van der Waals surface area contributed by atoms with Crippen LogP contribution in [0.2, 0.25) is 0 Å². The van der Waals surface area contributed by atoms with Crippen molar-refractivity contribution in [2.45, 2.75) is 19.4 Å². The van der Waals surface area contributed by atoms with Crippen molar-refractivity contribution in [2.75, 3.05) is 14.2 Å². The summed E-state index contributed by atoms with van der Waals surface area (Å²) in [6, 6.07) is 11.7. The number of benzene rings is 2. The van der Waals surface area contributed by atoms with Gasteiger partial charge in [-0.2, -0.15) is 0 Å². The van der Waals surface area contributed by atoms with Gasteiger partial charge in [0, 0.05) is 17.5 Å². The first kappa shape index (κ1) is 14.4. The molecule has 0 spiro atoms. The molecule has 0 fully saturated rings. The lowest BCUT2D eigenvalue weighted by Gasteiger charge is -2.29. The molecular formula is C18H18O4. The molecule has 114 valence electrons. The summed E-state index contributed by atoms with van der Waals surface area (Å²) in [5, 5.41) is 0. The maximum absolute atomic E-state index is 11.6. The van der Waals surface area contributed by atoms with Crippen molar-refractivity contribution in [1.82, 2.24) is 0 Å². The molecule has 3 rings (SSSR count). The summed E-state index contributed by atoms with van der Waals surface area (Å²) in [4.78, 5) is 11.6. The minimum Gasteiger partial charge on any atom is -0.493 e. The molecular weight excluding hydrogens is 280 g/mol. The topological polar surface area (TPSA) is 44.8 Å². The lowest BCUT2D eigenvalue weighted by Crippen LogP contribution is -2.17. The zero-order chi connectivity index (χ0) is 15.7. The van der Waals surface area contributed by atoms with Gasteiger partial charge in [-0.25, -0.2) is 0 Å². The van der Waals surface area contributed by atoms with E-state index in [4.69, 9.17) is 14.2 Å². The molecule has 22 heavy (non-hydrogen) atoms. The molecule has 0 aromatic heterocycles. The third kappa shape index (κ3) is 2.41. The Balaban J connectivity index is 2.20. The van der Waals surface area contributed by atoms with Gasteiger partial charge in [-0.05, 0) is 30.7 Å². The second kappa shape index (κ2) is 5.72. The van der Waals surface area contributed by atoms with Gasteiger partial charge in [-0.1, -0.05) is 18.2 Å². The van der Waals surface area contributed by atoms with E-state index >= 15 is 0 Å². The molecule has 1 aliphatic rings. The van der Waals surface area contributed by atoms with E-state index in [2.05, 4.69) is 0 Å². The van der Waals surface area contributed by atoms with Crippen LogP contribution in [0.5, 0.6) is 17.2 Å². The Hall–Kier alpha value is -2.49. The smallest absolute Gasteiger partial charge is 0.161 e. The van der Waals surface area contributed by atoms with Crippen LogP contribution in [0.1, 0.15) is 25.0 Å². The van der Waals surface area contributed by atoms with Crippen LogP contribution in [-0.2, 0) is 4.79 Å². The van der Waals surface area contributed by atoms with Crippen LogP contribution < -0.4 is 14.2 Å². The molecule has 0 saturated heterocycles. The van der Waals surface area contributed by atoms with Gasteiger partial charge in [0.2, 0.25) is 0 Å². The molecule has 0 radical (unpaired) electrons. The molecule has 0 saturated carbocycles. The molecule has 2 aromatic rings. The van der Waals surface area contributed by atoms with E-state index in [0.29, 0.717) is 17.9 Å². The van der Waals surface area contributed by atoms with Crippen LogP contribution >= 0.6 is 0 Å². The van der Waals surface area contributed by atoms with Gasteiger partial charge >= 0.3 is 0 Å². The van der Waals surface area contributed by atoms with Gasteiger partial charge < -0.3 is 14.2 Å². The predicted octanol–water partition coefficient (Wildman–Crippen LogP) is 3.78. The highest BCUT2D eigenvalue weighted by Crippen LogP contribution is 2.47. The van der Waals surface area contributed by atoms with Crippen molar-refractivity contribution < 1.29 is 19.0 Å². The minimum absolute atomic E-state index is 0.0881. The largest absolute Gasteiger partial charge is 0.493 e. The fraction of sp³-hybridized carbons (Fsp3) is 0.278. The first-order valence-corrected chi connectivity index (χ1v) is 7.15. The average Bonchev–Trinajstić information content (AvgIpc) is 2.53. The zero-order valence-electron chi connectivity index (χ0n) is 12.9. The normalized spacial score (nSPS) is 15.3. The average molecular weight is 298 g/mol. The van der Waals surface area contributed by atoms with Crippen LogP contribution in [0.4, 0.5) is 0 Å². The Morgan fingerprint density at radius 1 is 1.09 bits per heavy atom. The second-order valence-electron chi connectivity index (χ2n) is 5.30. The van der Waals surface area contributed by atoms with Crippen molar-refractivity contribution >= 4 is 5.78 Å². The summed E-state index contributed by atoms with van der Waals surface area (Å²) in [7, 11) is 3.21. The molecule has 4 nitrogen and oxygen atoms in total. The number of ether oxygens (including phenoxy) is 3. The van der Waals surface area contributed by atoms with E-state index in [0.717, 1.165) is 22.4 Å². The first-order chi connectivity index (χ1) is 10.6. The Bertz CT molecular complexity index is 721.